The van der Waals surface area contributed by atoms with Crippen molar-refractivity contribution in [3.63, 3.8) is 0 Å². The summed E-state index contributed by atoms with van der Waals surface area (Å²) in [4.78, 5) is 18.6. The first kappa shape index (κ1) is 13.9. The first-order chi connectivity index (χ1) is 10.6. The summed E-state index contributed by atoms with van der Waals surface area (Å²) in [6.45, 7) is 2.03. The first-order valence-corrected chi connectivity index (χ1v) is 8.74. The second kappa shape index (κ2) is 5.18. The molecule has 1 N–H and O–H groups in total. The number of nitrogens with one attached hydrogen (secondary N) is 1. The summed E-state index contributed by atoms with van der Waals surface area (Å²) < 4.78 is 2.10. The molecule has 0 radical (unpaired) electrons. The van der Waals surface area contributed by atoms with Gasteiger partial charge in [0.05, 0.1) is 11.1 Å². The number of H-pyrrole nitrogens is 1. The van der Waals surface area contributed by atoms with Gasteiger partial charge in [0.1, 0.15) is 4.83 Å². The summed E-state index contributed by atoms with van der Waals surface area (Å²) >= 11 is 7.14. The lowest BCUT2D eigenvalue weighted by Gasteiger charge is -2.11. The number of aromatic nitrogens is 2. The molecule has 0 unspecified atom stereocenters. The molecule has 1 aliphatic carbocycles. The highest BCUT2D eigenvalue weighted by molar-refractivity contribution is 7.71. The molecule has 0 bridgehead atoms. The highest BCUT2D eigenvalue weighted by atomic mass is 32.1. The van der Waals surface area contributed by atoms with Crippen LogP contribution in [0.3, 0.4) is 0 Å². The lowest BCUT2D eigenvalue weighted by Crippen LogP contribution is -2.21. The molecule has 2 heterocycles. The van der Waals surface area contributed by atoms with Crippen LogP contribution in [0.2, 0.25) is 0 Å². The van der Waals surface area contributed by atoms with Crippen molar-refractivity contribution >= 4 is 33.8 Å². The molecule has 3 nitrogen and oxygen atoms in total. The number of fused-ring (bicyclic) bond motifs is 3. The van der Waals surface area contributed by atoms with Gasteiger partial charge in [0.15, 0.2) is 4.77 Å². The maximum atomic E-state index is 13.1. The zero-order valence-electron chi connectivity index (χ0n) is 12.3. The molecule has 2 aromatic heterocycles. The van der Waals surface area contributed by atoms with Gasteiger partial charge < -0.3 is 4.98 Å². The van der Waals surface area contributed by atoms with Gasteiger partial charge in [0, 0.05) is 4.88 Å². The van der Waals surface area contributed by atoms with Crippen molar-refractivity contribution in [1.29, 1.82) is 0 Å². The Labute approximate surface area is 137 Å². The number of thiophene rings is 1. The fraction of sp³-hybridized carbons (Fsp3) is 0.294. The van der Waals surface area contributed by atoms with Gasteiger partial charge in [0.2, 0.25) is 0 Å². The van der Waals surface area contributed by atoms with Crippen LogP contribution in [0.25, 0.3) is 15.9 Å². The molecular weight excluding hydrogens is 312 g/mol. The molecule has 0 fully saturated rings. The van der Waals surface area contributed by atoms with Gasteiger partial charge in [0.25, 0.3) is 5.56 Å². The van der Waals surface area contributed by atoms with Crippen molar-refractivity contribution in [3.8, 4) is 5.69 Å². The summed E-state index contributed by atoms with van der Waals surface area (Å²) in [5, 5.41) is 0.842. The van der Waals surface area contributed by atoms with E-state index < -0.39 is 0 Å². The van der Waals surface area contributed by atoms with Crippen molar-refractivity contribution in [3.05, 3.63) is 55.4 Å². The molecule has 1 aromatic carbocycles. The zero-order chi connectivity index (χ0) is 15.3. The quantitative estimate of drug-likeness (QED) is 0.676. The van der Waals surface area contributed by atoms with E-state index in [0.29, 0.717) is 4.77 Å². The van der Waals surface area contributed by atoms with Crippen LogP contribution in [0.1, 0.15) is 28.8 Å². The highest BCUT2D eigenvalue weighted by Gasteiger charge is 2.20. The molecule has 22 heavy (non-hydrogen) atoms. The van der Waals surface area contributed by atoms with Crippen LogP contribution >= 0.6 is 23.6 Å². The molecule has 3 aromatic rings. The summed E-state index contributed by atoms with van der Waals surface area (Å²) in [7, 11) is 0. The maximum absolute atomic E-state index is 13.1. The second-order valence-corrected chi connectivity index (χ2v) is 7.31. The van der Waals surface area contributed by atoms with Crippen LogP contribution in [0.5, 0.6) is 0 Å². The van der Waals surface area contributed by atoms with Gasteiger partial charge in [-0.15, -0.1) is 11.3 Å². The average Bonchev–Trinajstić information content (AvgIpc) is 2.87. The van der Waals surface area contributed by atoms with Crippen molar-refractivity contribution in [2.45, 2.75) is 32.6 Å². The van der Waals surface area contributed by atoms with Gasteiger partial charge in [-0.2, -0.15) is 0 Å². The number of hydrogen-bond acceptors (Lipinski definition) is 3. The molecule has 0 saturated carbocycles. The molecule has 0 saturated heterocycles. The Bertz CT molecular complexity index is 977. The van der Waals surface area contributed by atoms with Crippen molar-refractivity contribution in [2.75, 3.05) is 0 Å². The highest BCUT2D eigenvalue weighted by Crippen LogP contribution is 2.33. The van der Waals surface area contributed by atoms with E-state index in [4.69, 9.17) is 12.2 Å². The molecule has 112 valence electrons. The third-order valence-corrected chi connectivity index (χ3v) is 5.80. The molecule has 0 atom stereocenters. The first-order valence-electron chi connectivity index (χ1n) is 7.52. The van der Waals surface area contributed by atoms with Crippen LogP contribution in [0.4, 0.5) is 0 Å². The zero-order valence-corrected chi connectivity index (χ0v) is 13.9. The Morgan fingerprint density at radius 3 is 2.68 bits per heavy atom. The van der Waals surface area contributed by atoms with Crippen molar-refractivity contribution < 1.29 is 0 Å². The molecule has 4 rings (SSSR count). The monoisotopic (exact) mass is 328 g/mol. The maximum Gasteiger partial charge on any atom is 0.267 e. The molecule has 0 spiro atoms. The van der Waals surface area contributed by atoms with E-state index >= 15 is 0 Å². The van der Waals surface area contributed by atoms with E-state index in [-0.39, 0.29) is 5.56 Å². The van der Waals surface area contributed by atoms with E-state index in [9.17, 15) is 4.79 Å². The van der Waals surface area contributed by atoms with Gasteiger partial charge in [-0.05, 0) is 62.5 Å². The third-order valence-electron chi connectivity index (χ3n) is 4.30. The lowest BCUT2D eigenvalue weighted by atomic mass is 9.97. The Kier molecular flexibility index (Phi) is 3.27. The number of aryl methyl sites for hydroxylation is 3. The second-order valence-electron chi connectivity index (χ2n) is 5.82. The summed E-state index contributed by atoms with van der Waals surface area (Å²) in [5.41, 5.74) is 3.25. The Balaban J connectivity index is 2.05. The topological polar surface area (TPSA) is 37.8 Å². The molecule has 0 aliphatic heterocycles. The number of aromatic amines is 1. The van der Waals surface area contributed by atoms with Gasteiger partial charge in [-0.1, -0.05) is 17.7 Å². The van der Waals surface area contributed by atoms with E-state index in [2.05, 4.69) is 4.98 Å². The molecule has 5 heteroatoms. The number of hydrogen-bond donors (Lipinski definition) is 1. The summed E-state index contributed by atoms with van der Waals surface area (Å²) in [6, 6.07) is 7.91. The minimum Gasteiger partial charge on any atom is -0.323 e. The summed E-state index contributed by atoms with van der Waals surface area (Å²) in [6.07, 6.45) is 4.47. The third kappa shape index (κ3) is 2.08. The number of nitrogens with zero attached hydrogens (tertiary/aromatic N) is 1. The molecule has 1 aliphatic rings. The summed E-state index contributed by atoms with van der Waals surface area (Å²) in [5.74, 6) is 0. The van der Waals surface area contributed by atoms with Crippen LogP contribution < -0.4 is 5.56 Å². The van der Waals surface area contributed by atoms with E-state index in [1.165, 1.54) is 28.8 Å². The Hall–Kier alpha value is -1.72. The normalized spacial score (nSPS) is 14.2. The van der Waals surface area contributed by atoms with Crippen molar-refractivity contribution in [1.82, 2.24) is 9.55 Å². The van der Waals surface area contributed by atoms with Crippen LogP contribution in [-0.4, -0.2) is 9.55 Å². The number of rotatable bonds is 1. The van der Waals surface area contributed by atoms with Crippen LogP contribution in [-0.2, 0) is 12.8 Å². The van der Waals surface area contributed by atoms with Gasteiger partial charge in [-0.3, -0.25) is 9.36 Å². The minimum atomic E-state index is 0.0157. The van der Waals surface area contributed by atoms with E-state index in [1.807, 2.05) is 31.2 Å². The van der Waals surface area contributed by atoms with E-state index in [1.54, 1.807) is 15.9 Å². The van der Waals surface area contributed by atoms with E-state index in [0.717, 1.165) is 28.7 Å². The largest absolute Gasteiger partial charge is 0.323 e. The lowest BCUT2D eigenvalue weighted by molar-refractivity contribution is 0.699. The average molecular weight is 328 g/mol. The molecule has 0 amide bonds. The van der Waals surface area contributed by atoms with Crippen molar-refractivity contribution in [2.24, 2.45) is 0 Å². The fourth-order valence-electron chi connectivity index (χ4n) is 3.17. The number of benzene rings is 1. The SMILES string of the molecule is Cc1ccc(-n2c(=S)[nH]c3sc4c(c3c2=O)CCCC4)cc1. The van der Waals surface area contributed by atoms with Gasteiger partial charge >= 0.3 is 0 Å². The van der Waals surface area contributed by atoms with Crippen LogP contribution in [0.15, 0.2) is 29.1 Å². The van der Waals surface area contributed by atoms with Crippen LogP contribution in [0, 0.1) is 11.7 Å². The molecular formula is C17H16N2OS2. The smallest absolute Gasteiger partial charge is 0.267 e. The fourth-order valence-corrected chi connectivity index (χ4v) is 4.80. The Morgan fingerprint density at radius 2 is 1.91 bits per heavy atom. The minimum absolute atomic E-state index is 0.0157. The standard InChI is InChI=1S/C17H16N2OS2/c1-10-6-8-11(9-7-10)19-16(20)14-12-4-2-3-5-13(12)22-15(14)18-17(19)21/h6-9H,2-5H2,1H3,(H,18,21). The Morgan fingerprint density at radius 1 is 1.18 bits per heavy atom. The predicted molar refractivity (Wildman–Crippen MR) is 94.0 cm³/mol. The predicted octanol–water partition coefficient (Wildman–Crippen LogP) is 4.30. The van der Waals surface area contributed by atoms with Gasteiger partial charge in [-0.25, -0.2) is 0 Å².